The minimum atomic E-state index is -0.112. The topological polar surface area (TPSA) is 54.5 Å². The molecule has 1 aliphatic heterocycles. The Morgan fingerprint density at radius 1 is 0.702 bits per heavy atom. The highest BCUT2D eigenvalue weighted by Crippen LogP contribution is 2.38. The van der Waals surface area contributed by atoms with Crippen molar-refractivity contribution in [1.82, 2.24) is 15.2 Å². The fourth-order valence-corrected chi connectivity index (χ4v) is 10.6. The van der Waals surface area contributed by atoms with Crippen molar-refractivity contribution in [2.75, 3.05) is 0 Å². The van der Waals surface area contributed by atoms with Crippen molar-refractivity contribution in [2.24, 2.45) is 4.99 Å². The molecule has 0 spiro atoms. The number of hydrogen-bond donors (Lipinski definition) is 2. The Balaban J connectivity index is 1.01. The van der Waals surface area contributed by atoms with Gasteiger partial charge in [0, 0.05) is 52.6 Å². The van der Waals surface area contributed by atoms with Gasteiger partial charge < -0.3 is 14.3 Å². The van der Waals surface area contributed by atoms with E-state index in [0.29, 0.717) is 0 Å². The Labute approximate surface area is 333 Å². The summed E-state index contributed by atoms with van der Waals surface area (Å²) in [5, 5.41) is 15.0. The minimum Gasteiger partial charge on any atom is -0.456 e. The van der Waals surface area contributed by atoms with Gasteiger partial charge in [-0.3, -0.25) is 5.32 Å². The van der Waals surface area contributed by atoms with Gasteiger partial charge in [-0.1, -0.05) is 109 Å². The summed E-state index contributed by atoms with van der Waals surface area (Å²) in [6, 6.07) is 48.3. The standard InChI is InChI=1S/C51H38N4OS/c1-3-13-31(14-4-1)49-52-50(32-15-5-2-6-16-32)54-51(53-49)33-25-27-39-44(29-33)56-43-23-11-19-37(47(39)43)38-20-12-24-46-48(38)40-30-34(26-28-45(40)57-46)55-41-21-9-7-17-35(41)36-18-8-10-22-42(36)55/h1-5,7-11,13-15,17-19,21-30,49-50,52H,6,12,16,20H2,(H,53,54). The quantitative estimate of drug-likeness (QED) is 0.184. The molecule has 274 valence electrons. The van der Waals surface area contributed by atoms with E-state index < -0.39 is 0 Å². The van der Waals surface area contributed by atoms with Crippen molar-refractivity contribution in [3.8, 4) is 5.69 Å². The normalized spacial score (nSPS) is 18.2. The number of aromatic nitrogens is 1. The number of rotatable bonds is 5. The summed E-state index contributed by atoms with van der Waals surface area (Å²) in [6.07, 6.45) is 12.9. The molecule has 57 heavy (non-hydrogen) atoms. The number of benzene rings is 6. The van der Waals surface area contributed by atoms with Gasteiger partial charge in [-0.15, -0.1) is 11.3 Å². The van der Waals surface area contributed by atoms with E-state index in [1.54, 1.807) is 0 Å². The summed E-state index contributed by atoms with van der Waals surface area (Å²) in [5.74, 6) is 0.872. The van der Waals surface area contributed by atoms with Crippen molar-refractivity contribution in [2.45, 2.75) is 38.0 Å². The number of allylic oxidation sites excluding steroid dienone is 3. The highest BCUT2D eigenvalue weighted by atomic mass is 32.1. The molecule has 9 aromatic rings. The second kappa shape index (κ2) is 13.1. The molecule has 6 heteroatoms. The fraction of sp³-hybridized carbons (Fsp3) is 0.118. The van der Waals surface area contributed by atoms with Gasteiger partial charge >= 0.3 is 0 Å². The van der Waals surface area contributed by atoms with E-state index in [9.17, 15) is 0 Å². The molecule has 0 saturated heterocycles. The van der Waals surface area contributed by atoms with Gasteiger partial charge in [-0.05, 0) is 96.5 Å². The number of fused-ring (bicyclic) bond motifs is 9. The number of hydrogen-bond acceptors (Lipinski definition) is 5. The first-order chi connectivity index (χ1) is 28.2. The van der Waals surface area contributed by atoms with Crippen LogP contribution in [0.25, 0.3) is 71.2 Å². The van der Waals surface area contributed by atoms with Gasteiger partial charge in [0.1, 0.15) is 29.3 Å². The lowest BCUT2D eigenvalue weighted by molar-refractivity contribution is 0.425. The molecule has 2 N–H and O–H groups in total. The van der Waals surface area contributed by atoms with Crippen LogP contribution in [0.1, 0.15) is 48.5 Å². The molecule has 4 heterocycles. The zero-order valence-electron chi connectivity index (χ0n) is 31.2. The predicted molar refractivity (Wildman–Crippen MR) is 238 cm³/mol. The van der Waals surface area contributed by atoms with E-state index in [0.717, 1.165) is 53.6 Å². The number of nitrogens with one attached hydrogen (secondary N) is 2. The van der Waals surface area contributed by atoms with Crippen LogP contribution in [0.4, 0.5) is 0 Å². The van der Waals surface area contributed by atoms with Crippen LogP contribution in [-0.4, -0.2) is 16.6 Å². The summed E-state index contributed by atoms with van der Waals surface area (Å²) in [7, 11) is 0. The minimum absolute atomic E-state index is 0.0712. The molecular formula is C51H38N4OS. The average molecular weight is 755 g/mol. The molecule has 3 aromatic heterocycles. The van der Waals surface area contributed by atoms with Crippen LogP contribution in [0, 0.1) is 0 Å². The Bertz CT molecular complexity index is 3270. The Morgan fingerprint density at radius 2 is 1.53 bits per heavy atom. The van der Waals surface area contributed by atoms with Crippen molar-refractivity contribution >= 4 is 82.7 Å². The summed E-state index contributed by atoms with van der Waals surface area (Å²) in [4.78, 5) is 5.25. The second-order valence-corrected chi connectivity index (χ2v) is 16.4. The maximum atomic E-state index is 6.74. The number of nitrogens with zero attached hydrogens (tertiary/aromatic N) is 2. The Hall–Kier alpha value is -6.47. The van der Waals surface area contributed by atoms with Crippen LogP contribution in [0.15, 0.2) is 167 Å². The molecule has 0 fully saturated rings. The summed E-state index contributed by atoms with van der Waals surface area (Å²) < 4.78 is 11.8. The molecule has 2 atom stereocenters. The molecule has 2 unspecified atom stereocenters. The Kier molecular flexibility index (Phi) is 7.50. The van der Waals surface area contributed by atoms with Crippen LogP contribution in [0.2, 0.25) is 0 Å². The van der Waals surface area contributed by atoms with Gasteiger partial charge in [-0.2, -0.15) is 0 Å². The number of aliphatic imine (C=N–C) groups is 1. The average Bonchev–Trinajstić information content (AvgIpc) is 3.96. The molecular weight excluding hydrogens is 717 g/mol. The van der Waals surface area contributed by atoms with Gasteiger partial charge in [-0.25, -0.2) is 4.99 Å². The van der Waals surface area contributed by atoms with Crippen LogP contribution in [0.5, 0.6) is 0 Å². The summed E-state index contributed by atoms with van der Waals surface area (Å²) >= 11 is 1.91. The van der Waals surface area contributed by atoms with E-state index in [-0.39, 0.29) is 12.3 Å². The van der Waals surface area contributed by atoms with E-state index in [1.165, 1.54) is 75.0 Å². The fourth-order valence-electron chi connectivity index (χ4n) is 9.43. The molecule has 2 aliphatic carbocycles. The predicted octanol–water partition coefficient (Wildman–Crippen LogP) is 10.9. The number of para-hydroxylation sites is 2. The lowest BCUT2D eigenvalue weighted by Crippen LogP contribution is -2.49. The van der Waals surface area contributed by atoms with E-state index in [1.807, 2.05) is 11.3 Å². The smallest absolute Gasteiger partial charge is 0.136 e. The zero-order chi connectivity index (χ0) is 37.5. The molecule has 0 saturated carbocycles. The lowest BCUT2D eigenvalue weighted by Gasteiger charge is -2.33. The molecule has 6 aromatic carbocycles. The number of amidine groups is 1. The Morgan fingerprint density at radius 3 is 2.35 bits per heavy atom. The largest absolute Gasteiger partial charge is 0.456 e. The van der Waals surface area contributed by atoms with E-state index >= 15 is 0 Å². The SMILES string of the molecule is C1=CCCC(C2N=C(c3ccc4c(c3)oc3cccc(C5=c6c(sc7ccc(-n8c9ccccc9c9ccccc98)cc67)=CCC5)c34)NC(c3ccccc3)N2)=C1. The maximum absolute atomic E-state index is 6.74. The van der Waals surface area contributed by atoms with Crippen LogP contribution in [-0.2, 0) is 0 Å². The van der Waals surface area contributed by atoms with Gasteiger partial charge in [0.2, 0.25) is 0 Å². The highest BCUT2D eigenvalue weighted by Gasteiger charge is 2.27. The van der Waals surface area contributed by atoms with Crippen molar-refractivity contribution < 1.29 is 4.42 Å². The molecule has 5 nitrogen and oxygen atoms in total. The third-order valence-electron chi connectivity index (χ3n) is 12.1. The van der Waals surface area contributed by atoms with Gasteiger partial charge in [0.15, 0.2) is 0 Å². The summed E-state index contributed by atoms with van der Waals surface area (Å²) in [5.41, 5.74) is 11.6. The third-order valence-corrected chi connectivity index (χ3v) is 13.2. The first kappa shape index (κ1) is 32.7. The van der Waals surface area contributed by atoms with Crippen LogP contribution >= 0.6 is 11.3 Å². The maximum Gasteiger partial charge on any atom is 0.136 e. The van der Waals surface area contributed by atoms with Crippen LogP contribution < -0.4 is 20.4 Å². The molecule has 0 amide bonds. The first-order valence-corrected chi connectivity index (χ1v) is 20.8. The number of furan rings is 1. The monoisotopic (exact) mass is 754 g/mol. The first-order valence-electron chi connectivity index (χ1n) is 20.0. The van der Waals surface area contributed by atoms with E-state index in [4.69, 9.17) is 9.41 Å². The second-order valence-electron chi connectivity index (χ2n) is 15.3. The van der Waals surface area contributed by atoms with E-state index in [2.05, 4.69) is 173 Å². The van der Waals surface area contributed by atoms with Crippen molar-refractivity contribution in [1.29, 1.82) is 0 Å². The van der Waals surface area contributed by atoms with Gasteiger partial charge in [0.25, 0.3) is 0 Å². The number of thiophene rings is 1. The molecule has 0 radical (unpaired) electrons. The highest BCUT2D eigenvalue weighted by molar-refractivity contribution is 7.17. The van der Waals surface area contributed by atoms with Gasteiger partial charge in [0.05, 0.1) is 11.0 Å². The molecule has 0 bridgehead atoms. The molecule has 3 aliphatic rings. The summed E-state index contributed by atoms with van der Waals surface area (Å²) in [6.45, 7) is 0. The lowest BCUT2D eigenvalue weighted by atomic mass is 9.91. The van der Waals surface area contributed by atoms with Crippen molar-refractivity contribution in [3.63, 3.8) is 0 Å². The third kappa shape index (κ3) is 5.28. The van der Waals surface area contributed by atoms with Crippen molar-refractivity contribution in [3.05, 3.63) is 184 Å². The molecule has 12 rings (SSSR count). The zero-order valence-corrected chi connectivity index (χ0v) is 32.0. The van der Waals surface area contributed by atoms with Crippen LogP contribution in [0.3, 0.4) is 0 Å².